The van der Waals surface area contributed by atoms with Crippen LogP contribution in [0.4, 0.5) is 0 Å². The Hall–Kier alpha value is -1.74. The number of nitrogens with zero attached hydrogens (tertiary/aromatic N) is 1. The molecule has 1 saturated carbocycles. The van der Waals surface area contributed by atoms with Crippen molar-refractivity contribution in [1.29, 1.82) is 0 Å². The molecule has 1 unspecified atom stereocenters. The first-order chi connectivity index (χ1) is 11.7. The number of likely N-dealkylation sites (tertiary alicyclic amines) is 1. The molecule has 2 heterocycles. The van der Waals surface area contributed by atoms with Crippen LogP contribution in [0.15, 0.2) is 36.9 Å². The molecule has 0 amide bonds. The number of piperidine rings is 1. The van der Waals surface area contributed by atoms with Gasteiger partial charge in [-0.25, -0.2) is 0 Å². The monoisotopic (exact) mass is 323 g/mol. The van der Waals surface area contributed by atoms with Gasteiger partial charge < -0.3 is 9.47 Å². The summed E-state index contributed by atoms with van der Waals surface area (Å²) in [5, 5.41) is 0. The Kier molecular flexibility index (Phi) is 2.97. The number of ether oxygens (including phenoxy) is 2. The molecule has 1 aromatic rings. The van der Waals surface area contributed by atoms with Crippen molar-refractivity contribution < 1.29 is 9.47 Å². The van der Waals surface area contributed by atoms with Crippen molar-refractivity contribution in [2.45, 2.75) is 43.2 Å². The van der Waals surface area contributed by atoms with Gasteiger partial charge in [0.2, 0.25) is 0 Å². The normalized spacial score (nSPS) is 36.0. The van der Waals surface area contributed by atoms with E-state index in [9.17, 15) is 0 Å². The molecule has 2 aliphatic heterocycles. The Morgan fingerprint density at radius 2 is 2.33 bits per heavy atom. The molecule has 24 heavy (non-hydrogen) atoms. The highest BCUT2D eigenvalue weighted by Gasteiger charge is 2.64. The van der Waals surface area contributed by atoms with Gasteiger partial charge in [0.15, 0.2) is 11.5 Å². The fourth-order valence-corrected chi connectivity index (χ4v) is 6.09. The van der Waals surface area contributed by atoms with E-state index in [1.807, 2.05) is 0 Å². The molecule has 0 N–H and O–H groups in total. The van der Waals surface area contributed by atoms with E-state index in [1.54, 1.807) is 7.11 Å². The van der Waals surface area contributed by atoms with E-state index in [1.165, 1.54) is 23.1 Å². The quantitative estimate of drug-likeness (QED) is 0.795. The molecule has 0 aromatic heterocycles. The zero-order chi connectivity index (χ0) is 16.5. The minimum absolute atomic E-state index is 0.120. The predicted octanol–water partition coefficient (Wildman–Crippen LogP) is 3.48. The lowest BCUT2D eigenvalue weighted by molar-refractivity contribution is -0.0275. The number of methoxy groups -OCH3 is 1. The molecule has 0 radical (unpaired) electrons. The van der Waals surface area contributed by atoms with E-state index in [4.69, 9.17) is 9.47 Å². The second-order valence-corrected chi connectivity index (χ2v) is 7.78. The fraction of sp³-hybridized carbons (Fsp3) is 0.524. The van der Waals surface area contributed by atoms with Gasteiger partial charge in [-0.05, 0) is 55.3 Å². The highest BCUT2D eigenvalue weighted by atomic mass is 16.5. The molecule has 3 heteroatoms. The van der Waals surface area contributed by atoms with Gasteiger partial charge in [-0.1, -0.05) is 18.7 Å². The second-order valence-electron chi connectivity index (χ2n) is 7.78. The molecule has 3 nitrogen and oxygen atoms in total. The van der Waals surface area contributed by atoms with Crippen LogP contribution in [-0.4, -0.2) is 37.2 Å². The summed E-state index contributed by atoms with van der Waals surface area (Å²) in [6.07, 6.45) is 6.77. The highest BCUT2D eigenvalue weighted by molar-refractivity contribution is 5.62. The molecule has 4 atom stereocenters. The smallest absolute Gasteiger partial charge is 0.166 e. The van der Waals surface area contributed by atoms with Gasteiger partial charge in [0.1, 0.15) is 6.10 Å². The van der Waals surface area contributed by atoms with E-state index < -0.39 is 0 Å². The van der Waals surface area contributed by atoms with Crippen molar-refractivity contribution in [3.8, 4) is 11.5 Å². The van der Waals surface area contributed by atoms with E-state index in [2.05, 4.69) is 36.3 Å². The zero-order valence-corrected chi connectivity index (χ0v) is 14.4. The van der Waals surface area contributed by atoms with Crippen LogP contribution in [0.3, 0.4) is 0 Å². The lowest BCUT2D eigenvalue weighted by Gasteiger charge is -2.58. The van der Waals surface area contributed by atoms with E-state index >= 15 is 0 Å². The van der Waals surface area contributed by atoms with Crippen LogP contribution in [0.25, 0.3) is 0 Å². The average Bonchev–Trinajstić information content (AvgIpc) is 2.94. The molecule has 1 aromatic carbocycles. The van der Waals surface area contributed by atoms with Gasteiger partial charge in [0.05, 0.1) is 7.11 Å². The largest absolute Gasteiger partial charge is 0.493 e. The standard InChI is InChI=1S/C21H25NO2/c1-4-10-22-11-9-21-15-7-5-13(2)20(21)24-19-17(23-3)8-6-14(18(19)21)12-16(15)22/h4,6,8,15-16,20H,1-2,5,7,9-12H2,3H3/t15-,16+,20-,21?/m1/s1. The summed E-state index contributed by atoms with van der Waals surface area (Å²) >= 11 is 0. The van der Waals surface area contributed by atoms with Crippen molar-refractivity contribution in [1.82, 2.24) is 4.90 Å². The third-order valence-corrected chi connectivity index (χ3v) is 6.94. The molecule has 1 spiro atoms. The van der Waals surface area contributed by atoms with Crippen molar-refractivity contribution in [3.05, 3.63) is 48.1 Å². The van der Waals surface area contributed by atoms with Gasteiger partial charge in [-0.2, -0.15) is 0 Å². The third kappa shape index (κ3) is 1.57. The minimum atomic E-state index is 0.120. The lowest BCUT2D eigenvalue weighted by atomic mass is 9.51. The Morgan fingerprint density at radius 1 is 1.46 bits per heavy atom. The number of benzene rings is 1. The van der Waals surface area contributed by atoms with Crippen LogP contribution >= 0.6 is 0 Å². The van der Waals surface area contributed by atoms with Crippen LogP contribution in [0, 0.1) is 5.92 Å². The van der Waals surface area contributed by atoms with Crippen molar-refractivity contribution in [2.75, 3.05) is 20.2 Å². The maximum atomic E-state index is 6.54. The van der Waals surface area contributed by atoms with Gasteiger partial charge in [0, 0.05) is 23.6 Å². The molecule has 5 rings (SSSR count). The maximum Gasteiger partial charge on any atom is 0.166 e. The minimum Gasteiger partial charge on any atom is -0.493 e. The molecule has 2 bridgehead atoms. The van der Waals surface area contributed by atoms with Crippen LogP contribution in [0.1, 0.15) is 30.4 Å². The molecule has 126 valence electrons. The molecular formula is C21H25NO2. The third-order valence-electron chi connectivity index (χ3n) is 6.94. The Balaban J connectivity index is 1.74. The Labute approximate surface area is 143 Å². The molecule has 1 saturated heterocycles. The van der Waals surface area contributed by atoms with Crippen LogP contribution < -0.4 is 9.47 Å². The molecular weight excluding hydrogens is 298 g/mol. The van der Waals surface area contributed by atoms with Gasteiger partial charge in [-0.15, -0.1) is 6.58 Å². The Morgan fingerprint density at radius 3 is 3.12 bits per heavy atom. The summed E-state index contributed by atoms with van der Waals surface area (Å²) in [5.41, 5.74) is 4.30. The lowest BCUT2D eigenvalue weighted by Crippen LogP contribution is -2.64. The summed E-state index contributed by atoms with van der Waals surface area (Å²) in [6, 6.07) is 4.95. The van der Waals surface area contributed by atoms with Gasteiger partial charge >= 0.3 is 0 Å². The van der Waals surface area contributed by atoms with Gasteiger partial charge in [-0.3, -0.25) is 4.90 Å². The topological polar surface area (TPSA) is 21.7 Å². The summed E-state index contributed by atoms with van der Waals surface area (Å²) < 4.78 is 12.2. The maximum absolute atomic E-state index is 6.54. The van der Waals surface area contributed by atoms with Crippen molar-refractivity contribution >= 4 is 0 Å². The van der Waals surface area contributed by atoms with E-state index in [0.29, 0.717) is 12.0 Å². The first kappa shape index (κ1) is 14.6. The predicted molar refractivity (Wildman–Crippen MR) is 94.8 cm³/mol. The first-order valence-electron chi connectivity index (χ1n) is 9.10. The number of rotatable bonds is 3. The Bertz CT molecular complexity index is 740. The zero-order valence-electron chi connectivity index (χ0n) is 14.4. The van der Waals surface area contributed by atoms with Crippen LogP contribution in [0.5, 0.6) is 11.5 Å². The summed E-state index contributed by atoms with van der Waals surface area (Å²) in [6.45, 7) is 10.5. The van der Waals surface area contributed by atoms with Crippen molar-refractivity contribution in [3.63, 3.8) is 0 Å². The van der Waals surface area contributed by atoms with E-state index in [-0.39, 0.29) is 11.5 Å². The van der Waals surface area contributed by atoms with E-state index in [0.717, 1.165) is 43.9 Å². The number of hydrogen-bond acceptors (Lipinski definition) is 3. The summed E-state index contributed by atoms with van der Waals surface area (Å²) in [7, 11) is 1.74. The average molecular weight is 323 g/mol. The molecule has 4 aliphatic rings. The summed E-state index contributed by atoms with van der Waals surface area (Å²) in [4.78, 5) is 2.64. The number of hydrogen-bond donors (Lipinski definition) is 0. The summed E-state index contributed by atoms with van der Waals surface area (Å²) in [5.74, 6) is 2.54. The van der Waals surface area contributed by atoms with Crippen LogP contribution in [-0.2, 0) is 11.8 Å². The SMILES string of the molecule is C=CCN1CCC23c4c5ccc(OC)c4O[C@@H]2C(=C)CC[C@@H]3[C@@H]1C5. The second kappa shape index (κ2) is 4.89. The van der Waals surface area contributed by atoms with Crippen molar-refractivity contribution in [2.24, 2.45) is 5.92 Å². The molecule has 2 fully saturated rings. The van der Waals surface area contributed by atoms with Gasteiger partial charge in [0.25, 0.3) is 0 Å². The van der Waals surface area contributed by atoms with Crippen LogP contribution in [0.2, 0.25) is 0 Å². The fourth-order valence-electron chi connectivity index (χ4n) is 6.09. The first-order valence-corrected chi connectivity index (χ1v) is 9.10. The highest BCUT2D eigenvalue weighted by Crippen LogP contribution is 2.64. The molecule has 2 aliphatic carbocycles.